The van der Waals surface area contributed by atoms with Crippen molar-refractivity contribution in [3.63, 3.8) is 0 Å². The summed E-state index contributed by atoms with van der Waals surface area (Å²) >= 11 is 17.6. The van der Waals surface area contributed by atoms with E-state index in [1.54, 1.807) is 0 Å². The molecule has 0 aliphatic carbocycles. The molecule has 29 heavy (non-hydrogen) atoms. The number of piperidine rings is 1. The fourth-order valence-corrected chi connectivity index (χ4v) is 4.09. The molecule has 7 heteroatoms. The Kier molecular flexibility index (Phi) is 6.56. The Hall–Kier alpha value is -1.85. The minimum atomic E-state index is 0.387. The van der Waals surface area contributed by atoms with Gasteiger partial charge in [0, 0.05) is 40.2 Å². The molecule has 150 valence electrons. The maximum absolute atomic E-state index is 6.09. The second-order valence-electron chi connectivity index (χ2n) is 7.17. The highest BCUT2D eigenvalue weighted by Crippen LogP contribution is 2.33. The minimum Gasteiger partial charge on any atom is -0.355 e. The van der Waals surface area contributed by atoms with Gasteiger partial charge in [-0.3, -0.25) is 9.27 Å². The van der Waals surface area contributed by atoms with Crippen LogP contribution in [0.3, 0.4) is 0 Å². The molecule has 0 spiro atoms. The molecule has 0 N–H and O–H groups in total. The van der Waals surface area contributed by atoms with Crippen molar-refractivity contribution >= 4 is 40.9 Å². The molecule has 3 aromatic rings. The molecular formula is C22H20Cl3N3O. The van der Waals surface area contributed by atoms with E-state index in [2.05, 4.69) is 4.90 Å². The van der Waals surface area contributed by atoms with E-state index in [1.807, 2.05) is 54.7 Å². The lowest BCUT2D eigenvalue weighted by Gasteiger charge is -2.33. The van der Waals surface area contributed by atoms with Gasteiger partial charge >= 0.3 is 0 Å². The predicted molar refractivity (Wildman–Crippen MR) is 120 cm³/mol. The smallest absolute Gasteiger partial charge is 0.147 e. The van der Waals surface area contributed by atoms with Crippen LogP contribution in [-0.2, 0) is 4.29 Å². The number of benzene rings is 2. The van der Waals surface area contributed by atoms with Crippen LogP contribution >= 0.6 is 35.1 Å². The van der Waals surface area contributed by atoms with Crippen LogP contribution in [0.4, 0.5) is 5.82 Å². The molecule has 2 heterocycles. The van der Waals surface area contributed by atoms with Gasteiger partial charge in [0.2, 0.25) is 0 Å². The topological polar surface area (TPSA) is 38.2 Å². The van der Waals surface area contributed by atoms with E-state index in [0.717, 1.165) is 54.3 Å². The van der Waals surface area contributed by atoms with E-state index in [4.69, 9.17) is 49.3 Å². The Labute approximate surface area is 185 Å². The fourth-order valence-electron chi connectivity index (χ4n) is 3.66. The zero-order chi connectivity index (χ0) is 20.2. The molecule has 0 amide bonds. The van der Waals surface area contributed by atoms with Gasteiger partial charge in [-0.1, -0.05) is 47.5 Å². The minimum absolute atomic E-state index is 0.387. The molecule has 1 aliphatic rings. The third kappa shape index (κ3) is 4.84. The maximum atomic E-state index is 6.09. The molecule has 1 aliphatic heterocycles. The average molecular weight is 449 g/mol. The van der Waals surface area contributed by atoms with Crippen LogP contribution in [0.2, 0.25) is 10.0 Å². The Morgan fingerprint density at radius 3 is 2.17 bits per heavy atom. The number of anilines is 1. The molecule has 1 saturated heterocycles. The van der Waals surface area contributed by atoms with Crippen molar-refractivity contribution in [2.45, 2.75) is 12.8 Å². The van der Waals surface area contributed by atoms with Gasteiger partial charge in [-0.2, -0.15) is 0 Å². The average Bonchev–Trinajstić information content (AvgIpc) is 2.75. The first kappa shape index (κ1) is 20.4. The first-order chi connectivity index (χ1) is 14.1. The third-order valence-corrected chi connectivity index (χ3v) is 5.77. The molecule has 1 unspecified atom stereocenters. The van der Waals surface area contributed by atoms with Crippen LogP contribution in [-0.4, -0.2) is 29.7 Å². The lowest BCUT2D eigenvalue weighted by molar-refractivity contribution is 0.246. The lowest BCUT2D eigenvalue weighted by Crippen LogP contribution is -2.37. The van der Waals surface area contributed by atoms with Crippen molar-refractivity contribution in [3.8, 4) is 22.5 Å². The second kappa shape index (κ2) is 9.31. The van der Waals surface area contributed by atoms with E-state index in [9.17, 15) is 0 Å². The van der Waals surface area contributed by atoms with E-state index in [-0.39, 0.29) is 0 Å². The van der Waals surface area contributed by atoms with Crippen LogP contribution in [0, 0.1) is 5.92 Å². The van der Waals surface area contributed by atoms with E-state index in [0.29, 0.717) is 22.6 Å². The molecular weight excluding hydrogens is 429 g/mol. The summed E-state index contributed by atoms with van der Waals surface area (Å²) in [5, 5.41) is 1.37. The molecule has 0 saturated carbocycles. The van der Waals surface area contributed by atoms with E-state index in [1.165, 1.54) is 0 Å². The molecule has 1 atom stereocenters. The number of halogens is 3. The van der Waals surface area contributed by atoms with Crippen molar-refractivity contribution in [2.75, 3.05) is 24.6 Å². The number of aromatic nitrogens is 2. The highest BCUT2D eigenvalue weighted by Gasteiger charge is 2.23. The summed E-state index contributed by atoms with van der Waals surface area (Å²) in [6, 6.07) is 15.3. The number of hydrogen-bond donors (Lipinski definition) is 0. The molecule has 4 rings (SSSR count). The summed E-state index contributed by atoms with van der Waals surface area (Å²) < 4.78 is 4.84. The Morgan fingerprint density at radius 1 is 0.931 bits per heavy atom. The summed E-state index contributed by atoms with van der Waals surface area (Å²) in [6.07, 6.45) is 4.01. The van der Waals surface area contributed by atoms with Crippen LogP contribution in [0.15, 0.2) is 54.7 Å². The molecule has 2 aromatic carbocycles. The van der Waals surface area contributed by atoms with Crippen LogP contribution in [0.5, 0.6) is 0 Å². The van der Waals surface area contributed by atoms with Gasteiger partial charge < -0.3 is 4.90 Å². The van der Waals surface area contributed by atoms with Crippen molar-refractivity contribution < 1.29 is 4.29 Å². The van der Waals surface area contributed by atoms with Gasteiger partial charge in [0.15, 0.2) is 0 Å². The van der Waals surface area contributed by atoms with Crippen molar-refractivity contribution in [1.82, 2.24) is 9.97 Å². The van der Waals surface area contributed by atoms with Crippen molar-refractivity contribution in [3.05, 3.63) is 64.8 Å². The Bertz CT molecular complexity index is 962. The van der Waals surface area contributed by atoms with Crippen LogP contribution < -0.4 is 4.90 Å². The van der Waals surface area contributed by atoms with Gasteiger partial charge in [-0.05, 0) is 37.1 Å². The molecule has 1 aromatic heterocycles. The fraction of sp³-hybridized carbons (Fsp3) is 0.273. The Balaban J connectivity index is 1.74. The summed E-state index contributed by atoms with van der Waals surface area (Å²) in [4.78, 5) is 12.0. The number of hydrogen-bond acceptors (Lipinski definition) is 4. The lowest BCUT2D eigenvalue weighted by atomic mass is 9.99. The van der Waals surface area contributed by atoms with E-state index < -0.39 is 0 Å². The van der Waals surface area contributed by atoms with Gasteiger partial charge in [0.25, 0.3) is 0 Å². The second-order valence-corrected chi connectivity index (χ2v) is 8.26. The highest BCUT2D eigenvalue weighted by atomic mass is 35.5. The third-order valence-electron chi connectivity index (χ3n) is 5.14. The Morgan fingerprint density at radius 2 is 1.55 bits per heavy atom. The largest absolute Gasteiger partial charge is 0.355 e. The summed E-state index contributed by atoms with van der Waals surface area (Å²) in [7, 11) is 0. The van der Waals surface area contributed by atoms with Gasteiger partial charge in [-0.25, -0.2) is 4.98 Å². The predicted octanol–water partition coefficient (Wildman–Crippen LogP) is 6.50. The summed E-state index contributed by atoms with van der Waals surface area (Å²) in [5.41, 5.74) is 3.56. The molecule has 0 radical (unpaired) electrons. The monoisotopic (exact) mass is 447 g/mol. The summed E-state index contributed by atoms with van der Waals surface area (Å²) in [5.74, 6) is 1.24. The molecule has 0 bridgehead atoms. The first-order valence-electron chi connectivity index (χ1n) is 9.51. The SMILES string of the molecule is ClOCC1CCCN(c2cnc(-c3ccc(Cl)cc3)c(-c3ccc(Cl)cc3)n2)C1. The maximum Gasteiger partial charge on any atom is 0.147 e. The zero-order valence-electron chi connectivity index (χ0n) is 15.7. The molecule has 1 fully saturated rings. The standard InChI is InChI=1S/C22H20Cl3N3O/c23-18-7-3-16(4-8-18)21-22(17-5-9-19(24)10-6-17)27-20(12-26-21)28-11-1-2-15(13-28)14-29-25/h3-10,12,15H,1-2,11,13-14H2. The van der Waals surface area contributed by atoms with Crippen LogP contribution in [0.1, 0.15) is 12.8 Å². The van der Waals surface area contributed by atoms with Crippen molar-refractivity contribution in [2.24, 2.45) is 5.92 Å². The summed E-state index contributed by atoms with van der Waals surface area (Å²) in [6.45, 7) is 2.33. The highest BCUT2D eigenvalue weighted by molar-refractivity contribution is 6.31. The zero-order valence-corrected chi connectivity index (χ0v) is 18.0. The quantitative estimate of drug-likeness (QED) is 0.446. The van der Waals surface area contributed by atoms with Gasteiger partial charge in [-0.15, -0.1) is 0 Å². The van der Waals surface area contributed by atoms with Crippen LogP contribution in [0.25, 0.3) is 22.5 Å². The normalized spacial score (nSPS) is 16.8. The van der Waals surface area contributed by atoms with Gasteiger partial charge in [0.1, 0.15) is 5.82 Å². The van der Waals surface area contributed by atoms with E-state index >= 15 is 0 Å². The van der Waals surface area contributed by atoms with Gasteiger partial charge in [0.05, 0.1) is 36.1 Å². The number of nitrogens with zero attached hydrogens (tertiary/aromatic N) is 3. The van der Waals surface area contributed by atoms with Crippen molar-refractivity contribution in [1.29, 1.82) is 0 Å². The molecule has 4 nitrogen and oxygen atoms in total. The number of rotatable bonds is 5. The first-order valence-corrected chi connectivity index (χ1v) is 10.6.